The summed E-state index contributed by atoms with van der Waals surface area (Å²) in [6, 6.07) is 8.37. The number of benzene rings is 1. The number of aryl methyl sites for hydroxylation is 2. The van der Waals surface area contributed by atoms with Gasteiger partial charge in [0.25, 0.3) is 0 Å². The van der Waals surface area contributed by atoms with E-state index in [1.807, 2.05) is 19.2 Å². The molecule has 1 aromatic heterocycles. The van der Waals surface area contributed by atoms with Gasteiger partial charge >= 0.3 is 5.97 Å². The third kappa shape index (κ3) is 3.11. The van der Waals surface area contributed by atoms with Crippen LogP contribution in [0, 0.1) is 24.2 Å². The molecule has 30 heavy (non-hydrogen) atoms. The predicted octanol–water partition coefficient (Wildman–Crippen LogP) is 4.80. The van der Waals surface area contributed by atoms with Gasteiger partial charge in [0.05, 0.1) is 11.9 Å². The van der Waals surface area contributed by atoms with Gasteiger partial charge in [0, 0.05) is 0 Å². The normalized spacial score (nSPS) is 29.4. The molecular weight excluding hydrogens is 376 g/mol. The highest BCUT2D eigenvalue weighted by molar-refractivity contribution is 5.72. The van der Waals surface area contributed by atoms with E-state index < -0.39 is 5.97 Å². The minimum atomic E-state index is -0.941. The molecule has 0 radical (unpaired) electrons. The second kappa shape index (κ2) is 7.22. The molecule has 1 saturated carbocycles. The van der Waals surface area contributed by atoms with Gasteiger partial charge in [-0.05, 0) is 103 Å². The smallest absolute Gasteiger partial charge is 0.341 e. The van der Waals surface area contributed by atoms with E-state index in [1.165, 1.54) is 41.5 Å². The van der Waals surface area contributed by atoms with Crippen molar-refractivity contribution in [3.05, 3.63) is 58.9 Å². The van der Waals surface area contributed by atoms with Crippen molar-refractivity contribution in [2.24, 2.45) is 17.3 Å². The van der Waals surface area contributed by atoms with E-state index in [0.29, 0.717) is 23.5 Å². The largest absolute Gasteiger partial charge is 0.482 e. The second-order valence-electron chi connectivity index (χ2n) is 9.35. The van der Waals surface area contributed by atoms with Crippen LogP contribution in [0.15, 0.2) is 36.5 Å². The summed E-state index contributed by atoms with van der Waals surface area (Å²) in [5.74, 6) is 1.66. The number of carboxylic acid groups (broad SMARTS) is 1. The number of carboxylic acids is 1. The van der Waals surface area contributed by atoms with E-state index >= 15 is 0 Å². The van der Waals surface area contributed by atoms with Crippen LogP contribution in [0.2, 0.25) is 0 Å². The van der Waals surface area contributed by atoms with Crippen molar-refractivity contribution in [1.29, 1.82) is 0 Å². The van der Waals surface area contributed by atoms with Crippen LogP contribution in [0.1, 0.15) is 60.9 Å². The van der Waals surface area contributed by atoms with Gasteiger partial charge in [0.15, 0.2) is 6.61 Å². The van der Waals surface area contributed by atoms with Crippen LogP contribution in [0.4, 0.5) is 0 Å². The highest BCUT2D eigenvalue weighted by Crippen LogP contribution is 2.63. The summed E-state index contributed by atoms with van der Waals surface area (Å²) >= 11 is 0. The van der Waals surface area contributed by atoms with Crippen molar-refractivity contribution in [3.8, 4) is 5.75 Å². The number of fused-ring (bicyclic) bond motifs is 5. The predicted molar refractivity (Wildman–Crippen MR) is 114 cm³/mol. The summed E-state index contributed by atoms with van der Waals surface area (Å²) in [5.41, 5.74) is 6.67. The average Bonchev–Trinajstić information content (AvgIpc) is 3.09. The minimum absolute atomic E-state index is 0.207. The molecule has 5 rings (SSSR count). The molecule has 0 amide bonds. The van der Waals surface area contributed by atoms with Crippen molar-refractivity contribution in [3.63, 3.8) is 0 Å². The molecule has 5 heteroatoms. The van der Waals surface area contributed by atoms with Crippen molar-refractivity contribution in [2.45, 2.75) is 51.9 Å². The van der Waals surface area contributed by atoms with Gasteiger partial charge in [-0.2, -0.15) is 10.2 Å². The molecule has 1 fully saturated rings. The lowest BCUT2D eigenvalue weighted by Crippen LogP contribution is -2.40. The zero-order valence-electron chi connectivity index (χ0n) is 17.6. The Balaban J connectivity index is 1.40. The van der Waals surface area contributed by atoms with E-state index in [2.05, 4.69) is 41.4 Å². The molecule has 3 aliphatic carbocycles. The summed E-state index contributed by atoms with van der Waals surface area (Å²) in [6.07, 6.45) is 10.1. The third-order valence-electron chi connectivity index (χ3n) is 7.73. The van der Waals surface area contributed by atoms with Crippen LogP contribution in [-0.4, -0.2) is 27.9 Å². The van der Waals surface area contributed by atoms with Crippen molar-refractivity contribution in [1.82, 2.24) is 10.2 Å². The molecule has 156 valence electrons. The Bertz CT molecular complexity index is 1030. The monoisotopic (exact) mass is 404 g/mol. The Morgan fingerprint density at radius 2 is 2.17 bits per heavy atom. The molecule has 5 nitrogen and oxygen atoms in total. The molecule has 0 spiro atoms. The molecule has 0 aliphatic heterocycles. The zero-order valence-corrected chi connectivity index (χ0v) is 17.6. The molecule has 1 aromatic carbocycles. The lowest BCUT2D eigenvalue weighted by molar-refractivity contribution is -0.139. The van der Waals surface area contributed by atoms with Crippen molar-refractivity contribution >= 4 is 11.5 Å². The fourth-order valence-corrected chi connectivity index (χ4v) is 6.43. The molecule has 1 heterocycles. The van der Waals surface area contributed by atoms with Gasteiger partial charge in [-0.1, -0.05) is 19.1 Å². The maximum atomic E-state index is 10.8. The highest BCUT2D eigenvalue weighted by Gasteiger charge is 2.51. The number of carbonyl (C=O) groups is 1. The lowest BCUT2D eigenvalue weighted by atomic mass is 9.54. The van der Waals surface area contributed by atoms with Crippen LogP contribution in [-0.2, 0) is 11.2 Å². The van der Waals surface area contributed by atoms with Gasteiger partial charge in [-0.3, -0.25) is 0 Å². The van der Waals surface area contributed by atoms with E-state index in [4.69, 9.17) is 9.84 Å². The number of hydrogen-bond donors (Lipinski definition) is 1. The SMILES string of the molecule is Cc1cc(C2=CCC3C4CCc5cc(OCC(=O)O)ccc5C4CC[C@]23C)cnn1. The van der Waals surface area contributed by atoms with Gasteiger partial charge in [-0.25, -0.2) is 4.79 Å². The maximum Gasteiger partial charge on any atom is 0.341 e. The van der Waals surface area contributed by atoms with E-state index in [-0.39, 0.29) is 12.0 Å². The van der Waals surface area contributed by atoms with Crippen LogP contribution < -0.4 is 4.74 Å². The van der Waals surface area contributed by atoms with Gasteiger partial charge in [-0.15, -0.1) is 0 Å². The molecule has 1 N–H and O–H groups in total. The van der Waals surface area contributed by atoms with Crippen LogP contribution >= 0.6 is 0 Å². The second-order valence-corrected chi connectivity index (χ2v) is 9.35. The summed E-state index contributed by atoms with van der Waals surface area (Å²) < 4.78 is 5.41. The third-order valence-corrected chi connectivity index (χ3v) is 7.73. The Hall–Kier alpha value is -2.69. The molecule has 4 atom stereocenters. The first-order valence-corrected chi connectivity index (χ1v) is 10.9. The fourth-order valence-electron chi connectivity index (χ4n) is 6.43. The number of aromatic nitrogens is 2. The molecular formula is C25H28N2O3. The van der Waals surface area contributed by atoms with Gasteiger partial charge < -0.3 is 9.84 Å². The van der Waals surface area contributed by atoms with Gasteiger partial charge in [0.2, 0.25) is 0 Å². The standard InChI is InChI=1S/C25H28N2O3/c1-15-11-17(13-26-27-15)22-7-8-23-21-5-3-16-12-18(30-14-24(28)29)4-6-19(16)20(21)9-10-25(22,23)2/h4,6-7,11-13,20-21,23H,3,5,8-10,14H2,1-2H3,(H,28,29)/t20?,21?,23?,25-/m1/s1. The Morgan fingerprint density at radius 1 is 1.30 bits per heavy atom. The summed E-state index contributed by atoms with van der Waals surface area (Å²) in [6.45, 7) is 4.18. The molecule has 3 unspecified atom stereocenters. The first kappa shape index (κ1) is 19.3. The van der Waals surface area contributed by atoms with Crippen molar-refractivity contribution < 1.29 is 14.6 Å². The Labute approximate surface area is 177 Å². The number of allylic oxidation sites excluding steroid dienone is 2. The molecule has 3 aliphatic rings. The average molecular weight is 405 g/mol. The fraction of sp³-hybridized carbons (Fsp3) is 0.480. The molecule has 0 bridgehead atoms. The lowest BCUT2D eigenvalue weighted by Gasteiger charge is -2.50. The topological polar surface area (TPSA) is 72.3 Å². The Morgan fingerprint density at radius 3 is 2.97 bits per heavy atom. The highest BCUT2D eigenvalue weighted by atomic mass is 16.5. The first-order valence-electron chi connectivity index (χ1n) is 10.9. The molecule has 0 saturated heterocycles. The van der Waals surface area contributed by atoms with Gasteiger partial charge in [0.1, 0.15) is 5.75 Å². The number of rotatable bonds is 4. The van der Waals surface area contributed by atoms with E-state index in [1.54, 1.807) is 0 Å². The summed E-state index contributed by atoms with van der Waals surface area (Å²) in [4.78, 5) is 10.8. The van der Waals surface area contributed by atoms with Crippen LogP contribution in [0.3, 0.4) is 0 Å². The number of nitrogens with zero attached hydrogens (tertiary/aromatic N) is 2. The van der Waals surface area contributed by atoms with Crippen LogP contribution in [0.25, 0.3) is 5.57 Å². The summed E-state index contributed by atoms with van der Waals surface area (Å²) in [7, 11) is 0. The van der Waals surface area contributed by atoms with E-state index in [0.717, 1.165) is 18.5 Å². The minimum Gasteiger partial charge on any atom is -0.482 e. The van der Waals surface area contributed by atoms with Crippen molar-refractivity contribution in [2.75, 3.05) is 6.61 Å². The number of hydrogen-bond acceptors (Lipinski definition) is 4. The number of aliphatic carboxylic acids is 1. The summed E-state index contributed by atoms with van der Waals surface area (Å²) in [5, 5.41) is 17.2. The quantitative estimate of drug-likeness (QED) is 0.793. The number of ether oxygens (including phenoxy) is 1. The maximum absolute atomic E-state index is 10.8. The first-order chi connectivity index (χ1) is 14.5. The zero-order chi connectivity index (χ0) is 20.9. The van der Waals surface area contributed by atoms with Crippen LogP contribution in [0.5, 0.6) is 5.75 Å². The molecule has 2 aromatic rings. The Kier molecular flexibility index (Phi) is 4.64. The van der Waals surface area contributed by atoms with E-state index in [9.17, 15) is 4.79 Å².